The van der Waals surface area contributed by atoms with Crippen molar-refractivity contribution < 1.29 is 6.85 Å². The quantitative estimate of drug-likeness (QED) is 0.111. The van der Waals surface area contributed by atoms with Gasteiger partial charge in [-0.1, -0.05) is 218 Å². The average Bonchev–Trinajstić information content (AvgIpc) is 3.74. The minimum absolute atomic E-state index is 0.00418. The predicted molar refractivity (Wildman–Crippen MR) is 270 cm³/mol. The third-order valence-electron chi connectivity index (χ3n) is 14.0. The van der Waals surface area contributed by atoms with Crippen LogP contribution in [0.15, 0.2) is 249 Å². The fraction of sp³-hybridized carbons (Fsp3) is 0.0323. The van der Waals surface area contributed by atoms with E-state index in [9.17, 15) is 0 Å². The third kappa shape index (κ3) is 5.36. The highest BCUT2D eigenvalue weighted by Crippen LogP contribution is 2.57. The second kappa shape index (κ2) is 14.7. The first-order valence-electron chi connectivity index (χ1n) is 24.6. The Balaban J connectivity index is 1.10. The van der Waals surface area contributed by atoms with Gasteiger partial charge in [-0.05, 0) is 107 Å². The van der Waals surface area contributed by atoms with Crippen LogP contribution in [-0.2, 0) is 0 Å². The van der Waals surface area contributed by atoms with Gasteiger partial charge in [0.2, 0.25) is 0 Å². The Morgan fingerprint density at radius 3 is 1.70 bits per heavy atom. The molecule has 0 radical (unpaired) electrons. The van der Waals surface area contributed by atoms with Gasteiger partial charge < -0.3 is 4.57 Å². The number of nitrogens with zero attached hydrogens (tertiary/aromatic N) is 1. The number of para-hydroxylation sites is 2. The molecule has 0 saturated carbocycles. The summed E-state index contributed by atoms with van der Waals surface area (Å²) in [6, 6.07) is 77.8. The molecule has 0 N–H and O–H groups in total. The van der Waals surface area contributed by atoms with Crippen LogP contribution in [0.3, 0.4) is 0 Å². The Hall–Kier alpha value is -7.78. The zero-order chi connectivity index (χ0) is 46.5. The second-order valence-corrected chi connectivity index (χ2v) is 20.9. The Morgan fingerprint density at radius 2 is 0.953 bits per heavy atom. The summed E-state index contributed by atoms with van der Waals surface area (Å²) in [5, 5.41) is 7.18. The standard InChI is InChI=1S/C62H43NSi/c1-5-20-42(21-6-1)43-22-17-29-48(40-43)64(46-25-9-3-10-26-46,47-27-11-4-12-28-47)58-37-19-35-54-59-51-31-13-14-32-52(51)62(61(54)58)60-49(33-18-34-53(59)60)44-38-39-57-55(41-44)50-30-15-16-36-56(50)63(57)45-23-7-2-8-24-45/h1-41,59,62H/i1D,5D,6D,20D,21D. The summed E-state index contributed by atoms with van der Waals surface area (Å²) >= 11 is 0. The van der Waals surface area contributed by atoms with Gasteiger partial charge in [-0.15, -0.1) is 0 Å². The fourth-order valence-electron chi connectivity index (χ4n) is 11.5. The molecule has 0 saturated heterocycles. The lowest BCUT2D eigenvalue weighted by molar-refractivity contribution is 0.760. The maximum absolute atomic E-state index is 9.06. The normalized spacial score (nSPS) is 16.0. The van der Waals surface area contributed by atoms with Crippen molar-refractivity contribution in [2.24, 2.45) is 0 Å². The van der Waals surface area contributed by atoms with Crippen molar-refractivity contribution in [3.8, 4) is 27.9 Å². The van der Waals surface area contributed by atoms with E-state index in [4.69, 9.17) is 6.85 Å². The van der Waals surface area contributed by atoms with E-state index in [-0.39, 0.29) is 41.6 Å². The van der Waals surface area contributed by atoms with Crippen LogP contribution in [-0.4, -0.2) is 12.6 Å². The van der Waals surface area contributed by atoms with E-state index in [1.165, 1.54) is 81.9 Å². The Kier molecular flexibility index (Phi) is 7.32. The molecule has 0 fully saturated rings. The van der Waals surface area contributed by atoms with Crippen molar-refractivity contribution in [3.05, 3.63) is 282 Å². The molecular formula is C62H43NSi. The molecule has 14 rings (SSSR count). The van der Waals surface area contributed by atoms with Gasteiger partial charge >= 0.3 is 0 Å². The van der Waals surface area contributed by atoms with Crippen LogP contribution in [0.4, 0.5) is 0 Å². The largest absolute Gasteiger partial charge is 0.309 e. The van der Waals surface area contributed by atoms with E-state index < -0.39 is 14.1 Å². The molecule has 1 heterocycles. The van der Waals surface area contributed by atoms with Gasteiger partial charge in [0.15, 0.2) is 8.07 Å². The van der Waals surface area contributed by atoms with Gasteiger partial charge in [0.05, 0.1) is 17.9 Å². The summed E-state index contributed by atoms with van der Waals surface area (Å²) in [5.41, 5.74) is 14.7. The van der Waals surface area contributed by atoms with Crippen molar-refractivity contribution in [1.29, 1.82) is 0 Å². The summed E-state index contributed by atoms with van der Waals surface area (Å²) in [6.45, 7) is 0. The Morgan fingerprint density at radius 1 is 0.375 bits per heavy atom. The van der Waals surface area contributed by atoms with Crippen LogP contribution in [0.2, 0.25) is 0 Å². The van der Waals surface area contributed by atoms with Crippen LogP contribution in [0.1, 0.15) is 52.1 Å². The number of benzene rings is 10. The fourth-order valence-corrected chi connectivity index (χ4v) is 16.6. The van der Waals surface area contributed by atoms with Crippen molar-refractivity contribution in [1.82, 2.24) is 4.57 Å². The monoisotopic (exact) mass is 834 g/mol. The average molecular weight is 835 g/mol. The molecule has 11 aromatic rings. The minimum atomic E-state index is -3.35. The van der Waals surface area contributed by atoms with Gasteiger partial charge in [-0.2, -0.15) is 0 Å². The van der Waals surface area contributed by atoms with Gasteiger partial charge in [0.1, 0.15) is 0 Å². The molecule has 10 aromatic carbocycles. The molecule has 3 aliphatic rings. The van der Waals surface area contributed by atoms with Crippen molar-refractivity contribution in [2.45, 2.75) is 11.8 Å². The van der Waals surface area contributed by atoms with Crippen LogP contribution in [0.5, 0.6) is 0 Å². The Bertz CT molecular complexity index is 3800. The van der Waals surface area contributed by atoms with E-state index in [1.807, 2.05) is 12.1 Å². The zero-order valence-corrected chi connectivity index (χ0v) is 35.9. The van der Waals surface area contributed by atoms with Crippen molar-refractivity contribution in [3.63, 3.8) is 0 Å². The number of fused-ring (bicyclic) bond motifs is 3. The topological polar surface area (TPSA) is 4.93 Å². The first kappa shape index (κ1) is 32.0. The first-order valence-corrected chi connectivity index (χ1v) is 24.1. The zero-order valence-electron chi connectivity index (χ0n) is 39.9. The van der Waals surface area contributed by atoms with E-state index >= 15 is 0 Å². The van der Waals surface area contributed by atoms with Crippen LogP contribution in [0, 0.1) is 0 Å². The van der Waals surface area contributed by atoms with Crippen LogP contribution in [0.25, 0.3) is 49.7 Å². The highest BCUT2D eigenvalue weighted by atomic mass is 28.3. The molecule has 300 valence electrons. The second-order valence-electron chi connectivity index (χ2n) is 17.1. The van der Waals surface area contributed by atoms with Gasteiger partial charge in [0.25, 0.3) is 0 Å². The number of hydrogen-bond donors (Lipinski definition) is 0. The SMILES string of the molecule is [2H]c1c([2H])c([2H])c(-c2cccc([Si](c3ccccc3)(c3ccccc3)c3cccc4c3C3c5ccccc5C4c4cccc(-c5ccc6c(c5)c5ccccc5n6-c5ccccc5)c43)c2)c([2H])c1[2H]. The molecule has 0 spiro atoms. The highest BCUT2D eigenvalue weighted by molar-refractivity contribution is 7.20. The number of hydrogen-bond acceptors (Lipinski definition) is 0. The highest BCUT2D eigenvalue weighted by Gasteiger charge is 2.49. The van der Waals surface area contributed by atoms with E-state index in [0.29, 0.717) is 5.56 Å². The lowest BCUT2D eigenvalue weighted by Crippen LogP contribution is -2.75. The van der Waals surface area contributed by atoms with E-state index in [0.717, 1.165) is 10.9 Å². The molecule has 0 aliphatic heterocycles. The molecular weight excluding hydrogens is 787 g/mol. The molecule has 1 nitrogen and oxygen atoms in total. The number of rotatable bonds is 7. The predicted octanol–water partition coefficient (Wildman–Crippen LogP) is 12.5. The summed E-state index contributed by atoms with van der Waals surface area (Å²) in [5.74, 6) is -0.107. The Labute approximate surface area is 382 Å². The number of aromatic nitrogens is 1. The van der Waals surface area contributed by atoms with Gasteiger partial charge in [-0.3, -0.25) is 0 Å². The molecule has 0 amide bonds. The van der Waals surface area contributed by atoms with Crippen LogP contribution >= 0.6 is 0 Å². The summed E-state index contributed by atoms with van der Waals surface area (Å²) in [4.78, 5) is 0. The van der Waals surface area contributed by atoms with Crippen molar-refractivity contribution in [2.75, 3.05) is 0 Å². The van der Waals surface area contributed by atoms with E-state index in [2.05, 4.69) is 211 Å². The first-order chi connectivity index (χ1) is 33.9. The van der Waals surface area contributed by atoms with Crippen LogP contribution < -0.4 is 20.7 Å². The van der Waals surface area contributed by atoms with Gasteiger partial charge in [-0.25, -0.2) is 0 Å². The molecule has 1 aromatic heterocycles. The third-order valence-corrected chi connectivity index (χ3v) is 18.8. The molecule has 2 atom stereocenters. The molecule has 2 bridgehead atoms. The summed E-state index contributed by atoms with van der Waals surface area (Å²) in [7, 11) is -3.35. The summed E-state index contributed by atoms with van der Waals surface area (Å²) < 4.78 is 46.1. The van der Waals surface area contributed by atoms with Crippen molar-refractivity contribution >= 4 is 50.6 Å². The van der Waals surface area contributed by atoms with E-state index in [1.54, 1.807) is 0 Å². The maximum atomic E-state index is 9.06. The lowest BCUT2D eigenvalue weighted by Gasteiger charge is -2.47. The molecule has 3 aliphatic carbocycles. The molecule has 2 heteroatoms. The lowest BCUT2D eigenvalue weighted by atomic mass is 9.60. The summed E-state index contributed by atoms with van der Waals surface area (Å²) in [6.07, 6.45) is 0. The smallest absolute Gasteiger partial charge is 0.179 e. The molecule has 64 heavy (non-hydrogen) atoms. The molecule has 2 unspecified atom stereocenters. The maximum Gasteiger partial charge on any atom is 0.179 e. The minimum Gasteiger partial charge on any atom is -0.309 e. The van der Waals surface area contributed by atoms with Gasteiger partial charge in [0, 0.05) is 28.3 Å².